The maximum absolute atomic E-state index is 13.2. The van der Waals surface area contributed by atoms with Gasteiger partial charge in [0.05, 0.1) is 11.0 Å². The van der Waals surface area contributed by atoms with Gasteiger partial charge in [-0.3, -0.25) is 9.59 Å². The molecule has 6 rings (SSSR count). The van der Waals surface area contributed by atoms with Crippen LogP contribution in [0.5, 0.6) is 0 Å². The highest BCUT2D eigenvalue weighted by Crippen LogP contribution is 2.63. The van der Waals surface area contributed by atoms with Crippen LogP contribution in [0.25, 0.3) is 0 Å². The largest absolute Gasteiger partial charge is 0.390 e. The average molecular weight is 360 g/mol. The van der Waals surface area contributed by atoms with Gasteiger partial charge in [0.25, 0.3) is 0 Å². The predicted molar refractivity (Wildman–Crippen MR) is 97.2 cm³/mol. The lowest BCUT2D eigenvalue weighted by Crippen LogP contribution is -2.56. The Morgan fingerprint density at radius 3 is 2.58 bits per heavy atom. The van der Waals surface area contributed by atoms with Gasteiger partial charge in [0.1, 0.15) is 0 Å². The summed E-state index contributed by atoms with van der Waals surface area (Å²) in [5.74, 6) is 1.71. The molecule has 144 valence electrons. The number of carbonyl (C=O) groups is 2. The number of carbonyl (C=O) groups excluding carboxylic acids is 2. The predicted octanol–water partition coefficient (Wildman–Crippen LogP) is 2.18. The average Bonchev–Trinajstić information content (AvgIpc) is 2.95. The van der Waals surface area contributed by atoms with Crippen LogP contribution in [-0.2, 0) is 9.59 Å². The second-order valence-electron chi connectivity index (χ2n) is 10.5. The molecule has 6 fully saturated rings. The lowest BCUT2D eigenvalue weighted by Gasteiger charge is -2.60. The zero-order valence-electron chi connectivity index (χ0n) is 16.0. The lowest BCUT2D eigenvalue weighted by atomic mass is 9.47. The molecule has 2 amide bonds. The van der Waals surface area contributed by atoms with Crippen LogP contribution in [0.15, 0.2) is 0 Å². The van der Waals surface area contributed by atoms with Crippen LogP contribution >= 0.6 is 0 Å². The Bertz CT molecular complexity index is 633. The quantitative estimate of drug-likeness (QED) is 0.821. The molecule has 0 unspecified atom stereocenters. The molecule has 4 bridgehead atoms. The first kappa shape index (κ1) is 17.0. The molecule has 2 aliphatic heterocycles. The Balaban J connectivity index is 1.29. The first-order chi connectivity index (χ1) is 12.3. The van der Waals surface area contributed by atoms with E-state index in [1.807, 2.05) is 16.8 Å². The van der Waals surface area contributed by atoms with Crippen molar-refractivity contribution >= 4 is 11.8 Å². The van der Waals surface area contributed by atoms with Crippen LogP contribution < -0.4 is 0 Å². The van der Waals surface area contributed by atoms with E-state index in [-0.39, 0.29) is 22.6 Å². The van der Waals surface area contributed by atoms with Gasteiger partial charge < -0.3 is 14.9 Å². The Hall–Kier alpha value is -1.10. The molecule has 5 heteroatoms. The van der Waals surface area contributed by atoms with Gasteiger partial charge in [-0.25, -0.2) is 0 Å². The van der Waals surface area contributed by atoms with Gasteiger partial charge in [0.2, 0.25) is 11.8 Å². The number of hydrogen-bond donors (Lipinski definition) is 1. The van der Waals surface area contributed by atoms with Crippen molar-refractivity contribution in [2.24, 2.45) is 22.7 Å². The molecule has 4 saturated carbocycles. The van der Waals surface area contributed by atoms with Gasteiger partial charge in [0.15, 0.2) is 0 Å². The van der Waals surface area contributed by atoms with Crippen LogP contribution in [0, 0.1) is 22.7 Å². The molecular formula is C21H32N2O3. The first-order valence-electron chi connectivity index (χ1n) is 10.6. The van der Waals surface area contributed by atoms with Crippen molar-refractivity contribution in [2.75, 3.05) is 26.7 Å². The number of nitrogens with zero attached hydrogens (tertiary/aromatic N) is 2. The molecule has 0 radical (unpaired) electrons. The molecule has 26 heavy (non-hydrogen) atoms. The third kappa shape index (κ3) is 2.53. The molecule has 0 aromatic heterocycles. The number of aliphatic hydroxyl groups is 1. The van der Waals surface area contributed by atoms with Gasteiger partial charge in [-0.15, -0.1) is 0 Å². The molecule has 5 nitrogen and oxygen atoms in total. The number of hydrogen-bond acceptors (Lipinski definition) is 3. The molecule has 3 atom stereocenters. The maximum atomic E-state index is 13.2. The molecule has 0 aromatic rings. The van der Waals surface area contributed by atoms with E-state index in [0.29, 0.717) is 24.8 Å². The Kier molecular flexibility index (Phi) is 3.58. The van der Waals surface area contributed by atoms with E-state index in [2.05, 4.69) is 0 Å². The van der Waals surface area contributed by atoms with Crippen molar-refractivity contribution < 1.29 is 14.7 Å². The molecule has 6 aliphatic rings. The summed E-state index contributed by atoms with van der Waals surface area (Å²) in [4.78, 5) is 29.7. The summed E-state index contributed by atoms with van der Waals surface area (Å²) in [5.41, 5.74) is -0.792. The summed E-state index contributed by atoms with van der Waals surface area (Å²) in [5, 5.41) is 10.9. The van der Waals surface area contributed by atoms with E-state index in [4.69, 9.17) is 0 Å². The summed E-state index contributed by atoms with van der Waals surface area (Å²) in [7, 11) is 1.89. The SMILES string of the molecule is CN1CCC[C@]2(CCN(C(=O)CC34C[C@H]5C[C@@H](CC(O)(C5)C3)C4)C2)C1=O. The van der Waals surface area contributed by atoms with Crippen molar-refractivity contribution in [1.29, 1.82) is 0 Å². The fraction of sp³-hybridized carbons (Fsp3) is 0.905. The van der Waals surface area contributed by atoms with E-state index < -0.39 is 5.60 Å². The molecule has 2 saturated heterocycles. The summed E-state index contributed by atoms with van der Waals surface area (Å²) in [6, 6.07) is 0. The van der Waals surface area contributed by atoms with Gasteiger partial charge in [-0.1, -0.05) is 0 Å². The minimum absolute atomic E-state index is 0.0268. The van der Waals surface area contributed by atoms with Gasteiger partial charge in [-0.2, -0.15) is 0 Å². The van der Waals surface area contributed by atoms with Crippen LogP contribution in [0.3, 0.4) is 0 Å². The molecular weight excluding hydrogens is 328 g/mol. The molecule has 2 heterocycles. The zero-order chi connectivity index (χ0) is 18.2. The highest BCUT2D eigenvalue weighted by molar-refractivity contribution is 5.86. The Labute approximate surface area is 156 Å². The topological polar surface area (TPSA) is 60.9 Å². The first-order valence-corrected chi connectivity index (χ1v) is 10.6. The number of piperidine rings is 1. The Morgan fingerprint density at radius 2 is 1.88 bits per heavy atom. The monoisotopic (exact) mass is 360 g/mol. The van der Waals surface area contributed by atoms with E-state index in [1.54, 1.807) is 0 Å². The van der Waals surface area contributed by atoms with E-state index in [9.17, 15) is 14.7 Å². The van der Waals surface area contributed by atoms with Crippen molar-refractivity contribution in [1.82, 2.24) is 9.80 Å². The fourth-order valence-corrected chi connectivity index (χ4v) is 7.77. The zero-order valence-corrected chi connectivity index (χ0v) is 16.0. The third-order valence-electron chi connectivity index (χ3n) is 8.33. The van der Waals surface area contributed by atoms with Crippen LogP contribution in [0.4, 0.5) is 0 Å². The van der Waals surface area contributed by atoms with Crippen molar-refractivity contribution in [3.05, 3.63) is 0 Å². The fourth-order valence-electron chi connectivity index (χ4n) is 7.77. The number of amides is 2. The second-order valence-corrected chi connectivity index (χ2v) is 10.5. The smallest absolute Gasteiger partial charge is 0.230 e. The summed E-state index contributed by atoms with van der Waals surface area (Å²) >= 11 is 0. The van der Waals surface area contributed by atoms with E-state index >= 15 is 0 Å². The minimum atomic E-state index is -0.501. The standard InChI is InChI=1S/C21H32N2O3/c1-22-5-2-3-20(18(22)25)4-6-23(14-20)17(24)12-19-8-15-7-16(9-19)11-21(26,10-15)13-19/h15-16,26H,2-14H2,1H3/t15-,16-,19?,20-,21?/m1/s1. The summed E-state index contributed by atoms with van der Waals surface area (Å²) in [6.07, 6.45) is 9.61. The molecule has 1 spiro atoms. The van der Waals surface area contributed by atoms with Crippen molar-refractivity contribution in [3.8, 4) is 0 Å². The lowest BCUT2D eigenvalue weighted by molar-refractivity contribution is -0.171. The molecule has 1 N–H and O–H groups in total. The van der Waals surface area contributed by atoms with Crippen molar-refractivity contribution in [2.45, 2.75) is 69.8 Å². The van der Waals surface area contributed by atoms with Crippen LogP contribution in [0.1, 0.15) is 64.2 Å². The minimum Gasteiger partial charge on any atom is -0.390 e. The normalized spacial score (nSPS) is 47.2. The van der Waals surface area contributed by atoms with Gasteiger partial charge >= 0.3 is 0 Å². The van der Waals surface area contributed by atoms with Gasteiger partial charge in [-0.05, 0) is 75.0 Å². The Morgan fingerprint density at radius 1 is 1.15 bits per heavy atom. The summed E-state index contributed by atoms with van der Waals surface area (Å²) < 4.78 is 0. The number of rotatable bonds is 2. The second kappa shape index (κ2) is 5.46. The summed E-state index contributed by atoms with van der Waals surface area (Å²) in [6.45, 7) is 2.19. The maximum Gasteiger partial charge on any atom is 0.230 e. The van der Waals surface area contributed by atoms with Crippen LogP contribution in [-0.4, -0.2) is 59.0 Å². The third-order valence-corrected chi connectivity index (χ3v) is 8.33. The molecule has 0 aromatic carbocycles. The van der Waals surface area contributed by atoms with E-state index in [0.717, 1.165) is 64.5 Å². The highest BCUT2D eigenvalue weighted by atomic mass is 16.3. The van der Waals surface area contributed by atoms with Crippen LogP contribution in [0.2, 0.25) is 0 Å². The van der Waals surface area contributed by atoms with E-state index in [1.165, 1.54) is 6.42 Å². The number of likely N-dealkylation sites (tertiary alicyclic amines) is 2. The van der Waals surface area contributed by atoms with Gasteiger partial charge in [0, 0.05) is 33.1 Å². The molecule has 4 aliphatic carbocycles. The van der Waals surface area contributed by atoms with Crippen molar-refractivity contribution in [3.63, 3.8) is 0 Å². The highest BCUT2D eigenvalue weighted by Gasteiger charge is 2.58.